The summed E-state index contributed by atoms with van der Waals surface area (Å²) in [6.07, 6.45) is -14.6. The highest BCUT2D eigenvalue weighted by Gasteiger charge is 2.52. The summed E-state index contributed by atoms with van der Waals surface area (Å²) in [5.41, 5.74) is -4.54. The molecule has 0 fully saturated rings. The highest BCUT2D eigenvalue weighted by molar-refractivity contribution is 5.84. The van der Waals surface area contributed by atoms with Crippen LogP contribution in [-0.2, 0) is 138 Å². The van der Waals surface area contributed by atoms with E-state index in [1.807, 2.05) is 13.8 Å². The van der Waals surface area contributed by atoms with Crippen molar-refractivity contribution in [3.63, 3.8) is 0 Å². The van der Waals surface area contributed by atoms with E-state index in [2.05, 4.69) is 52.1 Å². The lowest BCUT2D eigenvalue weighted by molar-refractivity contribution is -0.213. The van der Waals surface area contributed by atoms with E-state index in [4.69, 9.17) is 18.9 Å². The van der Waals surface area contributed by atoms with Gasteiger partial charge in [0.05, 0.1) is 84.6 Å². The Morgan fingerprint density at radius 1 is 0.197 bits per heavy atom. The Bertz CT molecular complexity index is 3440. The van der Waals surface area contributed by atoms with Crippen LogP contribution in [0.1, 0.15) is 243 Å². The SMILES string of the molecule is CCC(C)(C)C(=O)OCC(=O)OCC(=O)OCCC(C)(F)F.CCC(C)(C)C(=O)OCC(=O)OCC(F)(F)CC(C)(F)F.CCC(C)(C)C(=O)OCC(=O)OCC(F)(F)CC(F)(F)CC(C)(F)F.CCC(C)(C)C(=O)OCC(=O)OCC(F)(F)CC(F)(F)CC(F)(F)F.CCC(C)(C)C(=O)OCCOCC(=O)OCCC(C)(F)F.CCOC(=O)COC(=O)COC(=O)C(C)(C)CC. The monoisotopic (exact) mass is 1970 g/mol. The van der Waals surface area contributed by atoms with E-state index < -0.39 is 287 Å². The largest absolute Gasteiger partial charge is 0.464 e. The predicted octanol–water partition coefficient (Wildman–Crippen LogP) is 17.3. The zero-order valence-corrected chi connectivity index (χ0v) is 78.3. The molecule has 50 heteroatoms. The number of ether oxygens (including phenoxy) is 15. The van der Waals surface area contributed by atoms with E-state index in [1.165, 1.54) is 13.8 Å². The van der Waals surface area contributed by atoms with E-state index in [-0.39, 0.29) is 45.9 Å². The van der Waals surface area contributed by atoms with E-state index in [1.54, 1.807) is 104 Å². The molecule has 0 bridgehead atoms. The number of rotatable bonds is 53. The van der Waals surface area contributed by atoms with Gasteiger partial charge in [-0.25, -0.2) is 117 Å². The van der Waals surface area contributed by atoms with Crippen molar-refractivity contribution < 1.29 is 230 Å². The fourth-order valence-corrected chi connectivity index (χ4v) is 7.27. The van der Waals surface area contributed by atoms with Gasteiger partial charge in [-0.3, -0.25) is 28.8 Å². The molecule has 0 atom stereocenters. The average molecular weight is 1980 g/mol. The van der Waals surface area contributed by atoms with E-state index in [0.29, 0.717) is 52.4 Å². The van der Waals surface area contributed by atoms with Crippen molar-refractivity contribution in [1.82, 2.24) is 0 Å². The third kappa shape index (κ3) is 74.5. The fraction of sp³-hybridized carbons (Fsp3) is 0.829. The standard InChI is InChI=1S/C15H22F6O4.C14H19F7O4.C14H22F2O6.C14H24F2O5.C13H20F4O4.C12H20O6/c1-5-12(2,3)11(23)24-6-10(22)25-9-15(20,21)8-14(18,19)7-13(4,16)17;1-4-11(2,3)10(23)24-5-9(22)25-8-13(17,18)6-12(15,16)7-14(19,20)21;1-5-13(2,3)12(19)22-9-11(18)21-8-10(17)20-7-6-14(4,15)16;1-5-13(2,3)12(18)21-9-8-19-10-11(17)20-7-6-14(4,15)16;1-5-11(2,3)10(19)20-6-9(18)21-8-13(16,17)7-12(4,14)15;1-5-12(3,4)11(15)18-8-10(14)17-7-9(13)16-6-2/h5-9H2,1-4H3;4-8H2,1-3H3;5-9H2,1-4H3;5-10H2,1-4H3;5-8H2,1-4H3;5-8H2,1-4H3. The molecule has 0 aliphatic heterocycles. The highest BCUT2D eigenvalue weighted by atomic mass is 19.4. The molecule has 29 nitrogen and oxygen atoms in total. The molecular weight excluding hydrogens is 1850 g/mol. The van der Waals surface area contributed by atoms with Crippen LogP contribution in [-0.4, -0.2) is 249 Å². The van der Waals surface area contributed by atoms with Crippen LogP contribution < -0.4 is 0 Å². The summed E-state index contributed by atoms with van der Waals surface area (Å²) in [6, 6.07) is 0. The van der Waals surface area contributed by atoms with Crippen molar-refractivity contribution in [3.8, 4) is 0 Å². The Labute approximate surface area is 752 Å². The van der Waals surface area contributed by atoms with Crippen LogP contribution in [0.15, 0.2) is 0 Å². The summed E-state index contributed by atoms with van der Waals surface area (Å²) in [5.74, 6) is -46.3. The van der Waals surface area contributed by atoms with Crippen molar-refractivity contribution in [2.75, 3.05) is 106 Å². The second-order valence-electron chi connectivity index (χ2n) is 33.6. The molecule has 0 heterocycles. The first-order valence-corrected chi connectivity index (χ1v) is 40.5. The second kappa shape index (κ2) is 59.7. The van der Waals surface area contributed by atoms with Crippen LogP contribution in [0.2, 0.25) is 0 Å². The van der Waals surface area contributed by atoms with Gasteiger partial charge in [0.15, 0.2) is 66.1 Å². The Hall–Kier alpha value is -8.93. The first-order chi connectivity index (χ1) is 59.2. The average Bonchev–Trinajstić information content (AvgIpc) is 0.844. The predicted molar refractivity (Wildman–Crippen MR) is 420 cm³/mol. The van der Waals surface area contributed by atoms with Gasteiger partial charge in [0.2, 0.25) is 11.8 Å². The minimum atomic E-state index is -5.32. The maximum Gasteiger partial charge on any atom is 0.394 e. The molecule has 0 saturated carbocycles. The second-order valence-corrected chi connectivity index (χ2v) is 33.6. The van der Waals surface area contributed by atoms with Crippen molar-refractivity contribution in [2.45, 2.75) is 302 Å². The molecule has 0 N–H and O–H groups in total. The summed E-state index contributed by atoms with van der Waals surface area (Å²) in [6.45, 7) is 22.8. The maximum atomic E-state index is 13.4. The van der Waals surface area contributed by atoms with Crippen LogP contribution in [0.3, 0.4) is 0 Å². The van der Waals surface area contributed by atoms with E-state index in [9.17, 15) is 159 Å². The number of alkyl halides is 21. The van der Waals surface area contributed by atoms with Gasteiger partial charge in [0.1, 0.15) is 19.6 Å². The van der Waals surface area contributed by atoms with Crippen LogP contribution in [0.5, 0.6) is 0 Å². The molecule has 0 aliphatic rings. The quantitative estimate of drug-likeness (QED) is 0.0236. The van der Waals surface area contributed by atoms with Crippen LogP contribution in [0.4, 0.5) is 92.2 Å². The van der Waals surface area contributed by atoms with Crippen molar-refractivity contribution in [2.24, 2.45) is 32.5 Å². The van der Waals surface area contributed by atoms with Crippen molar-refractivity contribution >= 4 is 83.6 Å². The normalized spacial score (nSPS) is 12.5. The van der Waals surface area contributed by atoms with Crippen LogP contribution in [0.25, 0.3) is 0 Å². The Balaban J connectivity index is -0.000000362. The first kappa shape index (κ1) is 134. The zero-order chi connectivity index (χ0) is 105. The van der Waals surface area contributed by atoms with Gasteiger partial charge in [0, 0.05) is 12.8 Å². The maximum absolute atomic E-state index is 13.4. The smallest absolute Gasteiger partial charge is 0.394 e. The Morgan fingerprint density at radius 3 is 0.636 bits per heavy atom. The summed E-state index contributed by atoms with van der Waals surface area (Å²) < 4.78 is 335. The molecular formula is C82H127F21O29. The lowest BCUT2D eigenvalue weighted by Crippen LogP contribution is -2.37. The molecule has 0 aliphatic carbocycles. The number of carbonyl (C=O) groups is 14. The summed E-state index contributed by atoms with van der Waals surface area (Å²) in [5, 5.41) is 0. The number of hydrogen-bond acceptors (Lipinski definition) is 29. The van der Waals surface area contributed by atoms with Gasteiger partial charge in [-0.1, -0.05) is 41.5 Å². The molecule has 0 radical (unpaired) electrons. The molecule has 0 spiro atoms. The minimum Gasteiger partial charge on any atom is -0.464 e. The van der Waals surface area contributed by atoms with Gasteiger partial charge >= 0.3 is 89.7 Å². The zero-order valence-electron chi connectivity index (χ0n) is 78.3. The van der Waals surface area contributed by atoms with Gasteiger partial charge in [-0.05, 0) is 156 Å². The number of hydrogen-bond donors (Lipinski definition) is 0. The number of carbonyl (C=O) groups excluding carboxylic acids is 14. The summed E-state index contributed by atoms with van der Waals surface area (Å²) in [7, 11) is 0. The summed E-state index contributed by atoms with van der Waals surface area (Å²) >= 11 is 0. The summed E-state index contributed by atoms with van der Waals surface area (Å²) in [4.78, 5) is 159. The molecule has 0 amide bonds. The number of halogens is 21. The van der Waals surface area contributed by atoms with Crippen molar-refractivity contribution in [3.05, 3.63) is 0 Å². The van der Waals surface area contributed by atoms with Gasteiger partial charge in [0.25, 0.3) is 41.5 Å². The Kier molecular flexibility index (Phi) is 60.6. The third-order valence-electron chi connectivity index (χ3n) is 17.5. The fourth-order valence-electron chi connectivity index (χ4n) is 7.27. The minimum absolute atomic E-state index is 0.0303. The van der Waals surface area contributed by atoms with Gasteiger partial charge in [-0.15, -0.1) is 0 Å². The molecule has 0 unspecified atom stereocenters. The van der Waals surface area contributed by atoms with Gasteiger partial charge < -0.3 is 71.1 Å². The lowest BCUT2D eigenvalue weighted by atomic mass is 9.91. The third-order valence-corrected chi connectivity index (χ3v) is 17.5. The van der Waals surface area contributed by atoms with Crippen LogP contribution >= 0.6 is 0 Å². The van der Waals surface area contributed by atoms with Crippen molar-refractivity contribution in [1.29, 1.82) is 0 Å². The molecule has 0 aromatic carbocycles. The van der Waals surface area contributed by atoms with Crippen LogP contribution in [0, 0.1) is 32.5 Å². The molecule has 0 aromatic rings. The first-order valence-electron chi connectivity index (χ1n) is 40.5. The molecule has 0 saturated heterocycles. The molecule has 132 heavy (non-hydrogen) atoms. The van der Waals surface area contributed by atoms with Gasteiger partial charge in [-0.2, -0.15) is 13.2 Å². The Morgan fingerprint density at radius 2 is 0.402 bits per heavy atom. The molecule has 0 rings (SSSR count). The molecule has 0 aromatic heterocycles. The molecule has 776 valence electrons. The topological polar surface area (TPSA) is 377 Å². The van der Waals surface area contributed by atoms with E-state index >= 15 is 0 Å². The number of esters is 14. The lowest BCUT2D eigenvalue weighted by Gasteiger charge is -2.25. The highest BCUT2D eigenvalue weighted by Crippen LogP contribution is 2.41. The van der Waals surface area contributed by atoms with E-state index in [0.717, 1.165) is 6.92 Å².